The van der Waals surface area contributed by atoms with Gasteiger partial charge in [0.05, 0.1) is 29.0 Å². The van der Waals surface area contributed by atoms with Crippen LogP contribution in [0.4, 0.5) is 5.82 Å². The van der Waals surface area contributed by atoms with Gasteiger partial charge in [-0.05, 0) is 18.9 Å². The van der Waals surface area contributed by atoms with E-state index in [0.29, 0.717) is 12.3 Å². The van der Waals surface area contributed by atoms with Crippen molar-refractivity contribution in [1.82, 2.24) is 34.3 Å². The van der Waals surface area contributed by atoms with Crippen LogP contribution in [0, 0.1) is 0 Å². The first-order chi connectivity index (χ1) is 13.7. The Hall–Kier alpha value is -3.55. The van der Waals surface area contributed by atoms with Gasteiger partial charge in [-0.3, -0.25) is 0 Å². The van der Waals surface area contributed by atoms with Crippen LogP contribution in [-0.2, 0) is 6.54 Å². The topological polar surface area (TPSA) is 85.8 Å². The number of fused-ring (bicyclic) bond motifs is 5. The van der Waals surface area contributed by atoms with Crippen molar-refractivity contribution in [3.8, 4) is 0 Å². The number of benzene rings is 1. The second-order valence-electron chi connectivity index (χ2n) is 6.93. The SMILES string of the molecule is CCC(C)Nc1nc2ncnn2c2c1cnc1c2cnn1Cc1ccccc1. The molecule has 0 aliphatic carbocycles. The van der Waals surface area contributed by atoms with E-state index < -0.39 is 0 Å². The number of nitrogens with zero attached hydrogens (tertiary/aromatic N) is 7. The van der Waals surface area contributed by atoms with Gasteiger partial charge in [0.15, 0.2) is 5.65 Å². The van der Waals surface area contributed by atoms with Gasteiger partial charge in [0.1, 0.15) is 12.1 Å². The molecule has 8 nitrogen and oxygen atoms in total. The van der Waals surface area contributed by atoms with E-state index in [-0.39, 0.29) is 6.04 Å². The Bertz CT molecular complexity index is 1270. The molecule has 5 aromatic rings. The number of anilines is 1. The van der Waals surface area contributed by atoms with Gasteiger partial charge < -0.3 is 5.32 Å². The second kappa shape index (κ2) is 6.56. The summed E-state index contributed by atoms with van der Waals surface area (Å²) in [5.41, 5.74) is 2.90. The number of aromatic nitrogens is 7. The minimum atomic E-state index is 0.289. The van der Waals surface area contributed by atoms with Crippen LogP contribution in [0.5, 0.6) is 0 Å². The lowest BCUT2D eigenvalue weighted by Gasteiger charge is -2.14. The van der Waals surface area contributed by atoms with Crippen LogP contribution < -0.4 is 5.32 Å². The minimum Gasteiger partial charge on any atom is -0.367 e. The fourth-order valence-electron chi connectivity index (χ4n) is 3.36. The molecule has 8 heteroatoms. The number of nitrogens with one attached hydrogen (secondary N) is 1. The van der Waals surface area contributed by atoms with E-state index in [1.54, 1.807) is 4.52 Å². The Labute approximate surface area is 161 Å². The molecule has 0 saturated carbocycles. The first-order valence-electron chi connectivity index (χ1n) is 9.39. The standard InChI is InChI=1S/C20H20N8/c1-3-13(2)25-18-15-9-21-19-16(17(15)28-20(26-18)22-12-24-28)10-23-27(19)11-14-7-5-4-6-8-14/h4-10,12-13H,3,11H2,1-2H3,(H,22,24,25,26). The predicted octanol–water partition coefficient (Wildman–Crippen LogP) is 3.28. The van der Waals surface area contributed by atoms with E-state index in [1.165, 1.54) is 11.9 Å². The maximum atomic E-state index is 4.71. The first-order valence-corrected chi connectivity index (χ1v) is 9.39. The van der Waals surface area contributed by atoms with Crippen LogP contribution in [0.25, 0.3) is 27.7 Å². The number of rotatable bonds is 5. The van der Waals surface area contributed by atoms with Crippen molar-refractivity contribution in [2.45, 2.75) is 32.9 Å². The molecular weight excluding hydrogens is 352 g/mol. The molecule has 1 unspecified atom stereocenters. The average molecular weight is 372 g/mol. The Kier molecular flexibility index (Phi) is 3.89. The molecule has 0 bridgehead atoms. The molecule has 0 saturated heterocycles. The highest BCUT2D eigenvalue weighted by atomic mass is 15.3. The van der Waals surface area contributed by atoms with E-state index in [4.69, 9.17) is 4.98 Å². The Morgan fingerprint density at radius 1 is 1.04 bits per heavy atom. The van der Waals surface area contributed by atoms with Gasteiger partial charge in [-0.2, -0.15) is 24.7 Å². The summed E-state index contributed by atoms with van der Waals surface area (Å²) in [5, 5.41) is 14.3. The summed E-state index contributed by atoms with van der Waals surface area (Å²) >= 11 is 0. The highest BCUT2D eigenvalue weighted by molar-refractivity contribution is 6.06. The maximum absolute atomic E-state index is 4.71. The zero-order valence-electron chi connectivity index (χ0n) is 15.7. The fourth-order valence-corrected chi connectivity index (χ4v) is 3.36. The molecule has 0 amide bonds. The van der Waals surface area contributed by atoms with E-state index in [2.05, 4.69) is 51.5 Å². The van der Waals surface area contributed by atoms with Gasteiger partial charge >= 0.3 is 0 Å². The molecule has 5 rings (SSSR count). The summed E-state index contributed by atoms with van der Waals surface area (Å²) in [6, 6.07) is 10.5. The van der Waals surface area contributed by atoms with Crippen LogP contribution in [-0.4, -0.2) is 40.4 Å². The molecule has 0 aliphatic heterocycles. The molecule has 0 fully saturated rings. The lowest BCUT2D eigenvalue weighted by Crippen LogP contribution is -2.15. The quantitative estimate of drug-likeness (QED) is 0.509. The molecular formula is C20H20N8. The minimum absolute atomic E-state index is 0.289. The molecule has 1 atom stereocenters. The lowest BCUT2D eigenvalue weighted by atomic mass is 10.2. The van der Waals surface area contributed by atoms with Crippen LogP contribution in [0.15, 0.2) is 49.1 Å². The summed E-state index contributed by atoms with van der Waals surface area (Å²) in [7, 11) is 0. The molecule has 0 spiro atoms. The Morgan fingerprint density at radius 2 is 1.89 bits per heavy atom. The van der Waals surface area contributed by atoms with Crippen molar-refractivity contribution >= 4 is 33.5 Å². The van der Waals surface area contributed by atoms with Crippen LogP contribution in [0.3, 0.4) is 0 Å². The molecule has 4 heterocycles. The van der Waals surface area contributed by atoms with Gasteiger partial charge in [0.25, 0.3) is 5.78 Å². The third-order valence-corrected chi connectivity index (χ3v) is 5.02. The number of hydrogen-bond acceptors (Lipinski definition) is 6. The smallest absolute Gasteiger partial charge is 0.254 e. The summed E-state index contributed by atoms with van der Waals surface area (Å²) in [4.78, 5) is 13.7. The van der Waals surface area contributed by atoms with Crippen molar-refractivity contribution in [2.24, 2.45) is 0 Å². The molecule has 0 aliphatic rings. The number of pyridine rings is 1. The summed E-state index contributed by atoms with van der Waals surface area (Å²) < 4.78 is 3.67. The van der Waals surface area contributed by atoms with Gasteiger partial charge in [-0.1, -0.05) is 37.3 Å². The Morgan fingerprint density at radius 3 is 2.71 bits per heavy atom. The van der Waals surface area contributed by atoms with Crippen LogP contribution in [0.2, 0.25) is 0 Å². The van der Waals surface area contributed by atoms with Crippen molar-refractivity contribution in [3.63, 3.8) is 0 Å². The molecule has 1 N–H and O–H groups in total. The molecule has 1 aromatic carbocycles. The predicted molar refractivity (Wildman–Crippen MR) is 108 cm³/mol. The van der Waals surface area contributed by atoms with Crippen molar-refractivity contribution in [2.75, 3.05) is 5.32 Å². The lowest BCUT2D eigenvalue weighted by molar-refractivity contribution is 0.704. The van der Waals surface area contributed by atoms with Crippen LogP contribution in [0.1, 0.15) is 25.8 Å². The zero-order chi connectivity index (χ0) is 19.1. The molecule has 140 valence electrons. The van der Waals surface area contributed by atoms with Gasteiger partial charge in [-0.15, -0.1) is 0 Å². The van der Waals surface area contributed by atoms with E-state index in [1.807, 2.05) is 35.3 Å². The van der Waals surface area contributed by atoms with Crippen molar-refractivity contribution < 1.29 is 0 Å². The third kappa shape index (κ3) is 2.65. The Balaban J connectivity index is 1.73. The number of hydrogen-bond donors (Lipinski definition) is 1. The van der Waals surface area contributed by atoms with Crippen molar-refractivity contribution in [1.29, 1.82) is 0 Å². The molecule has 4 aromatic heterocycles. The first kappa shape index (κ1) is 16.6. The second-order valence-corrected chi connectivity index (χ2v) is 6.93. The maximum Gasteiger partial charge on any atom is 0.254 e. The zero-order valence-corrected chi connectivity index (χ0v) is 15.7. The van der Waals surface area contributed by atoms with Crippen LogP contribution >= 0.6 is 0 Å². The largest absolute Gasteiger partial charge is 0.367 e. The van der Waals surface area contributed by atoms with Gasteiger partial charge in [-0.25, -0.2) is 9.67 Å². The third-order valence-electron chi connectivity index (χ3n) is 5.02. The van der Waals surface area contributed by atoms with Gasteiger partial charge in [0, 0.05) is 12.2 Å². The molecule has 0 radical (unpaired) electrons. The highest BCUT2D eigenvalue weighted by Gasteiger charge is 2.17. The summed E-state index contributed by atoms with van der Waals surface area (Å²) in [6.07, 6.45) is 6.21. The van der Waals surface area contributed by atoms with E-state index in [9.17, 15) is 0 Å². The van der Waals surface area contributed by atoms with E-state index >= 15 is 0 Å². The summed E-state index contributed by atoms with van der Waals surface area (Å²) in [5.74, 6) is 1.33. The highest BCUT2D eigenvalue weighted by Crippen LogP contribution is 2.28. The van der Waals surface area contributed by atoms with Crippen molar-refractivity contribution in [3.05, 3.63) is 54.6 Å². The average Bonchev–Trinajstić information content (AvgIpc) is 3.35. The summed E-state index contributed by atoms with van der Waals surface area (Å²) in [6.45, 7) is 4.93. The monoisotopic (exact) mass is 372 g/mol. The fraction of sp³-hybridized carbons (Fsp3) is 0.250. The van der Waals surface area contributed by atoms with Gasteiger partial charge in [0.2, 0.25) is 0 Å². The molecule has 28 heavy (non-hydrogen) atoms. The van der Waals surface area contributed by atoms with E-state index in [0.717, 1.165) is 34.2 Å². The normalized spacial score (nSPS) is 12.8.